The standard InChI is InChI=1S/C25H29N3O3S/c1-29-22-14-19(15-23(30-2)24(22)31-3)21-17-32-25(26-16-18-10-6-4-7-11-18)28(21)27-20-12-8-5-9-13-20/h4,6-7,10-11,14-15,17H,5,8-9,12-13,16H2,1-3H3. The Labute approximate surface area is 192 Å². The van der Waals surface area contributed by atoms with Gasteiger partial charge in [0, 0.05) is 16.7 Å². The summed E-state index contributed by atoms with van der Waals surface area (Å²) in [6, 6.07) is 14.2. The molecule has 168 valence electrons. The first-order valence-corrected chi connectivity index (χ1v) is 11.7. The first-order valence-electron chi connectivity index (χ1n) is 10.9. The molecule has 4 rings (SSSR count). The molecule has 0 saturated heterocycles. The second-order valence-electron chi connectivity index (χ2n) is 7.66. The minimum absolute atomic E-state index is 0.577. The Morgan fingerprint density at radius 3 is 2.22 bits per heavy atom. The zero-order valence-electron chi connectivity index (χ0n) is 18.8. The molecule has 0 unspecified atom stereocenters. The highest BCUT2D eigenvalue weighted by Gasteiger charge is 2.18. The van der Waals surface area contributed by atoms with Gasteiger partial charge in [-0.2, -0.15) is 5.10 Å². The molecule has 7 heteroatoms. The lowest BCUT2D eigenvalue weighted by Crippen LogP contribution is -2.16. The van der Waals surface area contributed by atoms with Crippen LogP contribution in [0.15, 0.2) is 57.9 Å². The Morgan fingerprint density at radius 1 is 0.906 bits per heavy atom. The Balaban J connectivity index is 1.83. The molecule has 0 spiro atoms. The van der Waals surface area contributed by atoms with Gasteiger partial charge >= 0.3 is 0 Å². The van der Waals surface area contributed by atoms with Crippen LogP contribution in [0.3, 0.4) is 0 Å². The molecule has 0 aliphatic heterocycles. The number of aromatic nitrogens is 1. The number of hydrogen-bond donors (Lipinski definition) is 0. The smallest absolute Gasteiger partial charge is 0.206 e. The van der Waals surface area contributed by atoms with Crippen molar-refractivity contribution in [3.63, 3.8) is 0 Å². The molecule has 0 radical (unpaired) electrons. The fourth-order valence-electron chi connectivity index (χ4n) is 3.88. The summed E-state index contributed by atoms with van der Waals surface area (Å²) in [5.74, 6) is 1.81. The van der Waals surface area contributed by atoms with Crippen LogP contribution in [0.4, 0.5) is 0 Å². The third-order valence-electron chi connectivity index (χ3n) is 5.56. The maximum atomic E-state index is 5.57. The van der Waals surface area contributed by atoms with Crippen molar-refractivity contribution in [3.8, 4) is 28.5 Å². The van der Waals surface area contributed by atoms with E-state index < -0.39 is 0 Å². The summed E-state index contributed by atoms with van der Waals surface area (Å²) in [7, 11) is 4.87. The minimum atomic E-state index is 0.577. The van der Waals surface area contributed by atoms with Gasteiger partial charge in [-0.15, -0.1) is 11.3 Å². The van der Waals surface area contributed by atoms with E-state index in [4.69, 9.17) is 24.3 Å². The van der Waals surface area contributed by atoms with Gasteiger partial charge in [0.1, 0.15) is 0 Å². The highest BCUT2D eigenvalue weighted by atomic mass is 32.1. The van der Waals surface area contributed by atoms with Crippen molar-refractivity contribution in [1.29, 1.82) is 0 Å². The SMILES string of the molecule is COc1cc(-c2csc(=NCc3ccccc3)n2N=C2CCCCC2)cc(OC)c1OC. The highest BCUT2D eigenvalue weighted by Crippen LogP contribution is 2.41. The van der Waals surface area contributed by atoms with E-state index in [2.05, 4.69) is 17.5 Å². The highest BCUT2D eigenvalue weighted by molar-refractivity contribution is 7.07. The second kappa shape index (κ2) is 10.5. The van der Waals surface area contributed by atoms with Gasteiger partial charge in [-0.05, 0) is 43.4 Å². The van der Waals surface area contributed by atoms with E-state index in [1.54, 1.807) is 32.7 Å². The normalized spacial score (nSPS) is 14.3. The van der Waals surface area contributed by atoms with E-state index in [1.165, 1.54) is 30.5 Å². The predicted molar refractivity (Wildman–Crippen MR) is 129 cm³/mol. The maximum Gasteiger partial charge on any atom is 0.206 e. The molecule has 1 fully saturated rings. The van der Waals surface area contributed by atoms with E-state index >= 15 is 0 Å². The average molecular weight is 452 g/mol. The van der Waals surface area contributed by atoms with Crippen molar-refractivity contribution in [2.24, 2.45) is 10.1 Å². The summed E-state index contributed by atoms with van der Waals surface area (Å²) < 4.78 is 18.6. The molecule has 1 aliphatic rings. The lowest BCUT2D eigenvalue weighted by atomic mass is 9.99. The molecule has 0 N–H and O–H groups in total. The van der Waals surface area contributed by atoms with Crippen molar-refractivity contribution < 1.29 is 14.2 Å². The van der Waals surface area contributed by atoms with Crippen molar-refractivity contribution in [1.82, 2.24) is 4.68 Å². The van der Waals surface area contributed by atoms with Gasteiger partial charge in [0.2, 0.25) is 10.6 Å². The van der Waals surface area contributed by atoms with E-state index in [0.29, 0.717) is 23.8 Å². The van der Waals surface area contributed by atoms with Crippen LogP contribution in [0, 0.1) is 0 Å². The summed E-state index contributed by atoms with van der Waals surface area (Å²) in [6.07, 6.45) is 5.74. The van der Waals surface area contributed by atoms with E-state index in [9.17, 15) is 0 Å². The summed E-state index contributed by atoms with van der Waals surface area (Å²) >= 11 is 1.59. The topological polar surface area (TPSA) is 57.3 Å². The van der Waals surface area contributed by atoms with Gasteiger partial charge in [0.25, 0.3) is 0 Å². The Morgan fingerprint density at radius 2 is 1.59 bits per heavy atom. The predicted octanol–water partition coefficient (Wildman–Crippen LogP) is 5.51. The number of nitrogens with zero attached hydrogens (tertiary/aromatic N) is 3. The van der Waals surface area contributed by atoms with Crippen molar-refractivity contribution in [2.75, 3.05) is 21.3 Å². The zero-order valence-corrected chi connectivity index (χ0v) is 19.7. The molecule has 6 nitrogen and oxygen atoms in total. The third-order valence-corrected chi connectivity index (χ3v) is 6.41. The van der Waals surface area contributed by atoms with Crippen LogP contribution in [-0.2, 0) is 6.54 Å². The van der Waals surface area contributed by atoms with Crippen LogP contribution in [0.2, 0.25) is 0 Å². The van der Waals surface area contributed by atoms with Crippen LogP contribution in [-0.4, -0.2) is 31.7 Å². The van der Waals surface area contributed by atoms with E-state index in [0.717, 1.165) is 28.9 Å². The largest absolute Gasteiger partial charge is 0.493 e. The summed E-state index contributed by atoms with van der Waals surface area (Å²) in [6.45, 7) is 0.612. The number of benzene rings is 2. The van der Waals surface area contributed by atoms with E-state index in [1.807, 2.05) is 35.0 Å². The number of rotatable bonds is 7. The van der Waals surface area contributed by atoms with Gasteiger partial charge in [0.05, 0.1) is 33.6 Å². The van der Waals surface area contributed by atoms with Crippen LogP contribution in [0.25, 0.3) is 11.3 Å². The van der Waals surface area contributed by atoms with Crippen LogP contribution in [0.5, 0.6) is 17.2 Å². The Bertz CT molecular complexity index is 1120. The number of methoxy groups -OCH3 is 3. The number of hydrogen-bond acceptors (Lipinski definition) is 6. The molecular weight excluding hydrogens is 422 g/mol. The number of thiazole rings is 1. The summed E-state index contributed by atoms with van der Waals surface area (Å²) in [5, 5.41) is 7.15. The fraction of sp³-hybridized carbons (Fsp3) is 0.360. The summed E-state index contributed by atoms with van der Waals surface area (Å²) in [5.41, 5.74) is 4.30. The van der Waals surface area contributed by atoms with Crippen molar-refractivity contribution in [3.05, 3.63) is 58.2 Å². The van der Waals surface area contributed by atoms with Crippen molar-refractivity contribution >= 4 is 17.0 Å². The van der Waals surface area contributed by atoms with Crippen LogP contribution < -0.4 is 19.0 Å². The van der Waals surface area contributed by atoms with Gasteiger partial charge in [-0.1, -0.05) is 36.8 Å². The van der Waals surface area contributed by atoms with Gasteiger partial charge in [-0.3, -0.25) is 4.99 Å². The lowest BCUT2D eigenvalue weighted by Gasteiger charge is -2.15. The lowest BCUT2D eigenvalue weighted by molar-refractivity contribution is 0.324. The van der Waals surface area contributed by atoms with Crippen LogP contribution in [0.1, 0.15) is 37.7 Å². The van der Waals surface area contributed by atoms with Crippen molar-refractivity contribution in [2.45, 2.75) is 38.6 Å². The zero-order chi connectivity index (χ0) is 22.3. The van der Waals surface area contributed by atoms with Gasteiger partial charge < -0.3 is 14.2 Å². The van der Waals surface area contributed by atoms with Gasteiger partial charge in [-0.25, -0.2) is 4.68 Å². The maximum absolute atomic E-state index is 5.57. The molecule has 1 aliphatic carbocycles. The third kappa shape index (κ3) is 4.88. The number of ether oxygens (including phenoxy) is 3. The molecule has 1 heterocycles. The molecule has 2 aromatic carbocycles. The molecule has 32 heavy (non-hydrogen) atoms. The molecular formula is C25H29N3O3S. The van der Waals surface area contributed by atoms with Gasteiger partial charge in [0.15, 0.2) is 11.5 Å². The first-order chi connectivity index (χ1) is 15.7. The molecule has 0 bridgehead atoms. The molecule has 1 aromatic heterocycles. The molecule has 0 amide bonds. The Kier molecular flexibility index (Phi) is 7.27. The summed E-state index contributed by atoms with van der Waals surface area (Å²) in [4.78, 5) is 5.77. The molecule has 1 saturated carbocycles. The minimum Gasteiger partial charge on any atom is -0.493 e. The monoisotopic (exact) mass is 451 g/mol. The Hall–Kier alpha value is -3.06. The fourth-order valence-corrected chi connectivity index (χ4v) is 4.71. The molecule has 0 atom stereocenters. The average Bonchev–Trinajstić information content (AvgIpc) is 3.25. The second-order valence-corrected chi connectivity index (χ2v) is 8.49. The molecule has 3 aromatic rings. The quantitative estimate of drug-likeness (QED) is 0.476. The van der Waals surface area contributed by atoms with E-state index in [-0.39, 0.29) is 0 Å². The first kappa shape index (κ1) is 22.1. The van der Waals surface area contributed by atoms with Crippen LogP contribution >= 0.6 is 11.3 Å².